The van der Waals surface area contributed by atoms with Crippen LogP contribution in [0.4, 0.5) is 34.1 Å². The summed E-state index contributed by atoms with van der Waals surface area (Å²) in [6.45, 7) is 25.5. The topological polar surface area (TPSA) is 6.48 Å². The zero-order chi connectivity index (χ0) is 51.6. The minimum atomic E-state index is -0.442. The lowest BCUT2D eigenvalue weighted by Crippen LogP contribution is -2.60. The van der Waals surface area contributed by atoms with Crippen LogP contribution in [0.1, 0.15) is 117 Å². The molecular formula is C71H63BN2S. The highest BCUT2D eigenvalue weighted by molar-refractivity contribution is 7.33. The third-order valence-corrected chi connectivity index (χ3v) is 18.5. The molecule has 0 amide bonds. The third kappa shape index (κ3) is 6.51. The molecule has 1 spiro atoms. The second-order valence-electron chi connectivity index (χ2n) is 24.5. The maximum Gasteiger partial charge on any atom is 0.264 e. The standard InChI is InChI=1S/C71H63BN2S/c1-41(2)45-27-33-51-52-39-53-64(40-59(52)71(58(51)37-45)54-19-14-12-17-49(54)50-18-13-15-20-55(50)71)75-68-67(53)74(48-31-25-43(4)26-32-48)63-36-44(5)35-62-66(63)72(68)60-34-28-46(38-61(60)73(62)47-29-23-42(3)24-30-47)65-56(69(6,7)8)21-16-22-57(65)70(9,10)11/h12-41H,1-11H3. The second kappa shape index (κ2) is 16.1. The number of anilines is 6. The van der Waals surface area contributed by atoms with Crippen molar-refractivity contribution in [2.75, 3.05) is 9.80 Å². The molecule has 0 saturated carbocycles. The van der Waals surface area contributed by atoms with Crippen molar-refractivity contribution in [2.45, 2.75) is 98.3 Å². The molecule has 0 unspecified atom stereocenters. The van der Waals surface area contributed by atoms with Gasteiger partial charge in [-0.25, -0.2) is 0 Å². The number of thiophene rings is 1. The lowest BCUT2D eigenvalue weighted by Gasteiger charge is -2.43. The molecule has 2 aliphatic heterocycles. The van der Waals surface area contributed by atoms with Crippen LogP contribution in [0.15, 0.2) is 176 Å². The first kappa shape index (κ1) is 46.2. The highest BCUT2D eigenvalue weighted by Crippen LogP contribution is 2.64. The number of hydrogen-bond acceptors (Lipinski definition) is 3. The van der Waals surface area contributed by atoms with E-state index in [4.69, 9.17) is 0 Å². The summed E-state index contributed by atoms with van der Waals surface area (Å²) in [4.78, 5) is 5.23. The van der Waals surface area contributed by atoms with Gasteiger partial charge in [0.15, 0.2) is 0 Å². The van der Waals surface area contributed by atoms with Crippen LogP contribution in [0.3, 0.4) is 0 Å². The summed E-state index contributed by atoms with van der Waals surface area (Å²) in [5.74, 6) is 0.403. The first-order valence-electron chi connectivity index (χ1n) is 27.1. The summed E-state index contributed by atoms with van der Waals surface area (Å²) in [7, 11) is 0. The average molecular weight is 987 g/mol. The van der Waals surface area contributed by atoms with Crippen molar-refractivity contribution in [3.8, 4) is 33.4 Å². The van der Waals surface area contributed by atoms with E-state index in [0.717, 1.165) is 0 Å². The monoisotopic (exact) mass is 986 g/mol. The van der Waals surface area contributed by atoms with E-state index >= 15 is 0 Å². The SMILES string of the molecule is Cc1ccc(N2c3cc(-c4c(C(C)(C)C)cccc4C(C)(C)C)ccc3B3c4sc5cc6c(cc5c4N(c4ccc(C)cc4)c4cc(C)cc2c43)-c2ccc(C(C)C)cc2C62c3ccccc3-c3ccccc32)cc1. The molecule has 4 aliphatic rings. The molecule has 14 rings (SSSR count). The van der Waals surface area contributed by atoms with Gasteiger partial charge in [-0.2, -0.15) is 0 Å². The van der Waals surface area contributed by atoms with Gasteiger partial charge in [-0.3, -0.25) is 0 Å². The zero-order valence-corrected chi connectivity index (χ0v) is 46.0. The number of fused-ring (bicyclic) bond motifs is 16. The fourth-order valence-corrected chi connectivity index (χ4v) is 15.2. The fraction of sp³-hybridized carbons (Fsp3) is 0.211. The van der Waals surface area contributed by atoms with E-state index in [1.54, 1.807) is 0 Å². The van der Waals surface area contributed by atoms with E-state index in [-0.39, 0.29) is 17.5 Å². The zero-order valence-electron chi connectivity index (χ0n) is 45.2. The maximum atomic E-state index is 2.64. The number of aryl methyl sites for hydroxylation is 3. The van der Waals surface area contributed by atoms with Gasteiger partial charge in [0.2, 0.25) is 0 Å². The van der Waals surface area contributed by atoms with E-state index in [1.165, 1.54) is 149 Å². The second-order valence-corrected chi connectivity index (χ2v) is 25.6. The van der Waals surface area contributed by atoms with Crippen molar-refractivity contribution in [3.05, 3.63) is 232 Å². The Morgan fingerprint density at radius 2 is 1.04 bits per heavy atom. The van der Waals surface area contributed by atoms with Crippen LogP contribution in [0.5, 0.6) is 0 Å². The van der Waals surface area contributed by atoms with Crippen molar-refractivity contribution >= 4 is 78.0 Å². The van der Waals surface area contributed by atoms with Crippen LogP contribution in [0, 0.1) is 20.8 Å². The molecule has 1 aromatic heterocycles. The summed E-state index contributed by atoms with van der Waals surface area (Å²) in [6.07, 6.45) is 0. The molecule has 2 nitrogen and oxygen atoms in total. The lowest BCUT2D eigenvalue weighted by atomic mass is 9.36. The Balaban J connectivity index is 1.09. The Kier molecular flexibility index (Phi) is 9.88. The summed E-state index contributed by atoms with van der Waals surface area (Å²) in [5.41, 5.74) is 31.0. The summed E-state index contributed by atoms with van der Waals surface area (Å²) in [5, 5.41) is 1.31. The third-order valence-electron chi connectivity index (χ3n) is 17.3. The molecule has 9 aromatic carbocycles. The van der Waals surface area contributed by atoms with Crippen LogP contribution in [0.2, 0.25) is 0 Å². The highest BCUT2D eigenvalue weighted by Gasteiger charge is 2.53. The molecule has 0 atom stereocenters. The lowest BCUT2D eigenvalue weighted by molar-refractivity contribution is 0.572. The average Bonchev–Trinajstić information content (AvgIpc) is 4.25. The van der Waals surface area contributed by atoms with E-state index < -0.39 is 5.41 Å². The van der Waals surface area contributed by atoms with E-state index in [9.17, 15) is 0 Å². The van der Waals surface area contributed by atoms with Crippen molar-refractivity contribution in [1.29, 1.82) is 0 Å². The van der Waals surface area contributed by atoms with E-state index in [1.807, 2.05) is 11.3 Å². The van der Waals surface area contributed by atoms with Gasteiger partial charge in [-0.05, 0) is 181 Å². The predicted octanol–water partition coefficient (Wildman–Crippen LogP) is 17.6. The van der Waals surface area contributed by atoms with Crippen LogP contribution >= 0.6 is 11.3 Å². The summed E-state index contributed by atoms with van der Waals surface area (Å²) >= 11 is 2.02. The summed E-state index contributed by atoms with van der Waals surface area (Å²) < 4.78 is 2.72. The van der Waals surface area contributed by atoms with Gasteiger partial charge in [-0.15, -0.1) is 11.3 Å². The quantitative estimate of drug-likeness (QED) is 0.162. The molecule has 3 heterocycles. The normalized spacial score (nSPS) is 14.5. The Hall–Kier alpha value is -7.40. The van der Waals surface area contributed by atoms with Crippen molar-refractivity contribution < 1.29 is 0 Å². The Morgan fingerprint density at radius 3 is 1.64 bits per heavy atom. The van der Waals surface area contributed by atoms with E-state index in [0.29, 0.717) is 5.92 Å². The first-order chi connectivity index (χ1) is 36.0. The highest BCUT2D eigenvalue weighted by atomic mass is 32.1. The molecular weight excluding hydrogens is 924 g/mol. The number of rotatable bonds is 4. The van der Waals surface area contributed by atoms with Gasteiger partial charge >= 0.3 is 0 Å². The van der Waals surface area contributed by atoms with Crippen molar-refractivity contribution in [3.63, 3.8) is 0 Å². The first-order valence-corrected chi connectivity index (χ1v) is 28.0. The molecule has 10 aromatic rings. The predicted molar refractivity (Wildman–Crippen MR) is 323 cm³/mol. The molecule has 0 N–H and O–H groups in total. The molecule has 366 valence electrons. The van der Waals surface area contributed by atoms with Gasteiger partial charge in [-0.1, -0.05) is 188 Å². The van der Waals surface area contributed by atoms with Gasteiger partial charge in [0, 0.05) is 43.3 Å². The Morgan fingerprint density at radius 1 is 0.480 bits per heavy atom. The van der Waals surface area contributed by atoms with Gasteiger partial charge in [0.25, 0.3) is 6.71 Å². The van der Waals surface area contributed by atoms with Crippen molar-refractivity contribution in [2.24, 2.45) is 0 Å². The number of hydrogen-bond donors (Lipinski definition) is 0. The molecule has 2 aliphatic carbocycles. The van der Waals surface area contributed by atoms with Gasteiger partial charge in [0.1, 0.15) is 0 Å². The van der Waals surface area contributed by atoms with Gasteiger partial charge < -0.3 is 9.80 Å². The molecule has 0 radical (unpaired) electrons. The van der Waals surface area contributed by atoms with E-state index in [2.05, 4.69) is 262 Å². The Bertz CT molecular complexity index is 3970. The van der Waals surface area contributed by atoms with Crippen LogP contribution < -0.4 is 25.5 Å². The van der Waals surface area contributed by atoms with Crippen LogP contribution in [0.25, 0.3) is 43.5 Å². The number of benzene rings is 9. The minimum Gasteiger partial charge on any atom is -0.311 e. The van der Waals surface area contributed by atoms with Crippen molar-refractivity contribution in [1.82, 2.24) is 0 Å². The van der Waals surface area contributed by atoms with Crippen LogP contribution in [-0.2, 0) is 16.2 Å². The molecule has 4 heteroatoms. The van der Waals surface area contributed by atoms with Crippen LogP contribution in [-0.4, -0.2) is 6.71 Å². The molecule has 75 heavy (non-hydrogen) atoms. The molecule has 0 fully saturated rings. The molecule has 0 bridgehead atoms. The largest absolute Gasteiger partial charge is 0.311 e. The molecule has 0 saturated heterocycles. The number of nitrogens with zero attached hydrogens (tertiary/aromatic N) is 2. The Labute approximate surface area is 448 Å². The fourth-order valence-electron chi connectivity index (χ4n) is 13.8. The smallest absolute Gasteiger partial charge is 0.264 e. The maximum absolute atomic E-state index is 2.64. The minimum absolute atomic E-state index is 0.00647. The summed E-state index contributed by atoms with van der Waals surface area (Å²) in [6, 6.07) is 69.0. The van der Waals surface area contributed by atoms with Gasteiger partial charge in [0.05, 0.1) is 11.1 Å².